The second-order valence-corrected chi connectivity index (χ2v) is 10.8. The maximum absolute atomic E-state index is 13.0. The third kappa shape index (κ3) is 5.60. The van der Waals surface area contributed by atoms with Crippen molar-refractivity contribution in [2.75, 3.05) is 25.6 Å². The van der Waals surface area contributed by atoms with Gasteiger partial charge in [-0.3, -0.25) is 14.5 Å². The summed E-state index contributed by atoms with van der Waals surface area (Å²) in [5.41, 5.74) is 2.25. The SMILES string of the molecule is CCOC(=O)c1c(NC(=O)CCN2C(=O)/C(=C/c3ccccc3OC)SC2=S)sc2c1CCCC2. The van der Waals surface area contributed by atoms with Gasteiger partial charge < -0.3 is 14.8 Å². The first-order chi connectivity index (χ1) is 16.9. The third-order valence-electron chi connectivity index (χ3n) is 5.77. The lowest BCUT2D eigenvalue weighted by Gasteiger charge is -2.14. The second-order valence-electron chi connectivity index (χ2n) is 8.01. The van der Waals surface area contributed by atoms with Crippen LogP contribution in [0.15, 0.2) is 29.2 Å². The fourth-order valence-corrected chi connectivity index (χ4v) is 6.69. The number of carbonyl (C=O) groups is 3. The minimum Gasteiger partial charge on any atom is -0.496 e. The number of ether oxygens (including phenoxy) is 2. The molecule has 0 radical (unpaired) electrons. The van der Waals surface area contributed by atoms with Crippen LogP contribution in [-0.4, -0.2) is 47.3 Å². The number of anilines is 1. The molecule has 1 aromatic heterocycles. The Kier molecular flexibility index (Phi) is 8.25. The highest BCUT2D eigenvalue weighted by atomic mass is 32.2. The minimum absolute atomic E-state index is 0.0548. The lowest BCUT2D eigenvalue weighted by atomic mass is 9.95. The number of esters is 1. The number of methoxy groups -OCH3 is 1. The molecule has 4 rings (SSSR count). The van der Waals surface area contributed by atoms with E-state index in [1.165, 1.54) is 28.0 Å². The Morgan fingerprint density at radius 1 is 1.23 bits per heavy atom. The van der Waals surface area contributed by atoms with E-state index in [4.69, 9.17) is 21.7 Å². The Bertz CT molecular complexity index is 1200. The standard InChI is InChI=1S/C25H26N2O5S3/c1-3-32-24(30)21-16-9-5-7-11-18(16)34-22(21)26-20(28)12-13-27-23(29)19(35-25(27)33)14-15-8-4-6-10-17(15)31-2/h4,6,8,10,14H,3,5,7,9,11-13H2,1-2H3,(H,26,28)/b19-14-. The van der Waals surface area contributed by atoms with E-state index in [1.807, 2.05) is 24.3 Å². The van der Waals surface area contributed by atoms with E-state index in [0.717, 1.165) is 41.7 Å². The van der Waals surface area contributed by atoms with Crippen LogP contribution >= 0.6 is 35.3 Å². The van der Waals surface area contributed by atoms with E-state index in [1.54, 1.807) is 20.1 Å². The number of amides is 2. The van der Waals surface area contributed by atoms with Gasteiger partial charge in [-0.2, -0.15) is 0 Å². The Morgan fingerprint density at radius 3 is 2.77 bits per heavy atom. The molecule has 2 aliphatic rings. The smallest absolute Gasteiger partial charge is 0.341 e. The highest BCUT2D eigenvalue weighted by Crippen LogP contribution is 2.39. The van der Waals surface area contributed by atoms with Crippen molar-refractivity contribution in [2.24, 2.45) is 0 Å². The molecule has 35 heavy (non-hydrogen) atoms. The zero-order valence-electron chi connectivity index (χ0n) is 19.5. The number of para-hydroxylation sites is 1. The molecule has 2 amide bonds. The average Bonchev–Trinajstić information content (AvgIpc) is 3.34. The predicted octanol–water partition coefficient (Wildman–Crippen LogP) is 5.04. The maximum atomic E-state index is 13.0. The highest BCUT2D eigenvalue weighted by Gasteiger charge is 2.33. The molecule has 0 atom stereocenters. The number of benzene rings is 1. The lowest BCUT2D eigenvalue weighted by Crippen LogP contribution is -2.31. The third-order valence-corrected chi connectivity index (χ3v) is 8.35. The van der Waals surface area contributed by atoms with Crippen LogP contribution in [0.5, 0.6) is 5.75 Å². The molecule has 2 heterocycles. The van der Waals surface area contributed by atoms with Crippen LogP contribution in [0.1, 0.15) is 52.5 Å². The minimum atomic E-state index is -0.402. The van der Waals surface area contributed by atoms with Crippen LogP contribution in [0.25, 0.3) is 6.08 Å². The predicted molar refractivity (Wildman–Crippen MR) is 143 cm³/mol. The number of fused-ring (bicyclic) bond motifs is 1. The van der Waals surface area contributed by atoms with Crippen LogP contribution < -0.4 is 10.1 Å². The molecular weight excluding hydrogens is 504 g/mol. The molecular formula is C25H26N2O5S3. The normalized spacial score (nSPS) is 16.4. The van der Waals surface area contributed by atoms with Gasteiger partial charge in [-0.15, -0.1) is 11.3 Å². The van der Waals surface area contributed by atoms with Crippen molar-refractivity contribution in [3.8, 4) is 5.75 Å². The number of aryl methyl sites for hydroxylation is 1. The van der Waals surface area contributed by atoms with Crippen molar-refractivity contribution in [3.63, 3.8) is 0 Å². The van der Waals surface area contributed by atoms with Crippen LogP contribution in [0.2, 0.25) is 0 Å². The maximum Gasteiger partial charge on any atom is 0.341 e. The topological polar surface area (TPSA) is 84.9 Å². The van der Waals surface area contributed by atoms with Gasteiger partial charge in [0, 0.05) is 23.4 Å². The van der Waals surface area contributed by atoms with Crippen LogP contribution in [0.3, 0.4) is 0 Å². The van der Waals surface area contributed by atoms with E-state index in [9.17, 15) is 14.4 Å². The first-order valence-electron chi connectivity index (χ1n) is 11.4. The molecule has 1 aromatic carbocycles. The number of hydrogen-bond acceptors (Lipinski definition) is 8. The van der Waals surface area contributed by atoms with Crippen molar-refractivity contribution < 1.29 is 23.9 Å². The quantitative estimate of drug-likeness (QED) is 0.291. The van der Waals surface area contributed by atoms with Gasteiger partial charge in [0.15, 0.2) is 0 Å². The van der Waals surface area contributed by atoms with Gasteiger partial charge >= 0.3 is 5.97 Å². The number of nitrogens with one attached hydrogen (secondary N) is 1. The summed E-state index contributed by atoms with van der Waals surface area (Å²) in [6.45, 7) is 2.19. The van der Waals surface area contributed by atoms with Crippen molar-refractivity contribution >= 4 is 68.5 Å². The first kappa shape index (κ1) is 25.4. The second kappa shape index (κ2) is 11.4. The van der Waals surface area contributed by atoms with Gasteiger partial charge in [-0.1, -0.05) is 42.2 Å². The van der Waals surface area contributed by atoms with Gasteiger partial charge in [0.05, 0.1) is 24.2 Å². The fourth-order valence-electron chi connectivity index (χ4n) is 4.10. The van der Waals surface area contributed by atoms with Gasteiger partial charge in [0.25, 0.3) is 5.91 Å². The van der Waals surface area contributed by atoms with Gasteiger partial charge in [0.1, 0.15) is 15.1 Å². The van der Waals surface area contributed by atoms with Crippen molar-refractivity contribution in [1.82, 2.24) is 4.90 Å². The highest BCUT2D eigenvalue weighted by molar-refractivity contribution is 8.26. The number of thiocarbonyl (C=S) groups is 1. The molecule has 7 nitrogen and oxygen atoms in total. The van der Waals surface area contributed by atoms with Crippen molar-refractivity contribution in [2.45, 2.75) is 39.0 Å². The van der Waals surface area contributed by atoms with Gasteiger partial charge in [0.2, 0.25) is 5.91 Å². The first-order valence-corrected chi connectivity index (χ1v) is 13.5. The summed E-state index contributed by atoms with van der Waals surface area (Å²) < 4.78 is 11.0. The molecule has 1 aliphatic carbocycles. The van der Waals surface area contributed by atoms with Gasteiger partial charge in [-0.25, -0.2) is 4.79 Å². The van der Waals surface area contributed by atoms with E-state index >= 15 is 0 Å². The van der Waals surface area contributed by atoms with Gasteiger partial charge in [-0.05, 0) is 50.3 Å². The molecule has 1 saturated heterocycles. The van der Waals surface area contributed by atoms with Crippen molar-refractivity contribution in [1.29, 1.82) is 0 Å². The largest absolute Gasteiger partial charge is 0.496 e. The summed E-state index contributed by atoms with van der Waals surface area (Å²) in [6, 6.07) is 7.41. The van der Waals surface area contributed by atoms with Crippen LogP contribution in [0.4, 0.5) is 5.00 Å². The average molecular weight is 531 g/mol. The summed E-state index contributed by atoms with van der Waals surface area (Å²) in [6.07, 6.45) is 5.60. The molecule has 0 saturated carbocycles. The summed E-state index contributed by atoms with van der Waals surface area (Å²) >= 11 is 8.05. The van der Waals surface area contributed by atoms with E-state index < -0.39 is 5.97 Å². The fraction of sp³-hybridized carbons (Fsp3) is 0.360. The molecule has 1 aliphatic heterocycles. The van der Waals surface area contributed by atoms with Crippen LogP contribution in [0, 0.1) is 0 Å². The zero-order valence-corrected chi connectivity index (χ0v) is 22.0. The summed E-state index contributed by atoms with van der Waals surface area (Å²) in [7, 11) is 1.58. The van der Waals surface area contributed by atoms with E-state index in [-0.39, 0.29) is 31.4 Å². The Hall–Kier alpha value is -2.69. The van der Waals surface area contributed by atoms with E-state index in [2.05, 4.69) is 5.32 Å². The number of thioether (sulfide) groups is 1. The molecule has 1 N–H and O–H groups in total. The molecule has 0 bridgehead atoms. The summed E-state index contributed by atoms with van der Waals surface area (Å²) in [5, 5.41) is 3.42. The molecule has 0 unspecified atom stereocenters. The zero-order chi connectivity index (χ0) is 24.9. The summed E-state index contributed by atoms with van der Waals surface area (Å²) in [4.78, 5) is 41.4. The molecule has 10 heteroatoms. The van der Waals surface area contributed by atoms with E-state index in [0.29, 0.717) is 25.5 Å². The summed E-state index contributed by atoms with van der Waals surface area (Å²) in [5.74, 6) is -0.261. The van der Waals surface area contributed by atoms with Crippen LogP contribution in [-0.2, 0) is 27.2 Å². The lowest BCUT2D eigenvalue weighted by molar-refractivity contribution is -0.122. The Labute approximate surface area is 217 Å². The number of thiophene rings is 1. The molecule has 0 spiro atoms. The monoisotopic (exact) mass is 530 g/mol. The molecule has 184 valence electrons. The van der Waals surface area contributed by atoms with Crippen molar-refractivity contribution in [3.05, 3.63) is 50.7 Å². The number of hydrogen-bond donors (Lipinski definition) is 1. The number of nitrogens with zero attached hydrogens (tertiary/aromatic N) is 1. The number of rotatable bonds is 8. The number of carbonyl (C=O) groups excluding carboxylic acids is 3. The molecule has 2 aromatic rings. The Morgan fingerprint density at radius 2 is 2.00 bits per heavy atom. The molecule has 1 fully saturated rings. The Balaban J connectivity index is 1.43.